The second kappa shape index (κ2) is 21.0. The molecule has 1 rings (SSSR count). The standard InChI is InChI=1S/C7H8.CH4.CH3.3Rb/c1-7-5-3-2-4-6-7;;;;;/h2-6H,1H3;1H4;1H3;;;/q;;-1;;;+1. The zero-order chi connectivity index (χ0) is 7.11. The van der Waals surface area contributed by atoms with Crippen molar-refractivity contribution in [1.29, 1.82) is 0 Å². The third kappa shape index (κ3) is 17.0. The van der Waals surface area contributed by atoms with E-state index in [1.807, 2.05) is 18.2 Å². The van der Waals surface area contributed by atoms with Crippen molar-refractivity contribution in [3.8, 4) is 0 Å². The molecule has 0 aliphatic carbocycles. The van der Waals surface area contributed by atoms with Gasteiger partial charge in [-0.3, -0.25) is 0 Å². The van der Waals surface area contributed by atoms with Gasteiger partial charge in [0, 0.05) is 0 Å². The van der Waals surface area contributed by atoms with Crippen molar-refractivity contribution in [2.45, 2.75) is 14.4 Å². The number of hydrogen-bond acceptors (Lipinski definition) is 0. The van der Waals surface area contributed by atoms with Gasteiger partial charge in [-0.05, 0) is 6.92 Å². The molecule has 0 saturated heterocycles. The summed E-state index contributed by atoms with van der Waals surface area (Å²) >= 11 is 2.32. The van der Waals surface area contributed by atoms with E-state index >= 15 is 0 Å². The minimum atomic E-state index is 0. The number of benzene rings is 1. The van der Waals surface area contributed by atoms with E-state index in [9.17, 15) is 0 Å². The summed E-state index contributed by atoms with van der Waals surface area (Å²) in [6.45, 7) is 2.08. The van der Waals surface area contributed by atoms with Crippen molar-refractivity contribution in [3.63, 3.8) is 0 Å². The zero-order valence-corrected chi connectivity index (χ0v) is 23.1. The molecular weight excluding hydrogens is 365 g/mol. The fourth-order valence-corrected chi connectivity index (χ4v) is 0.534. The predicted molar refractivity (Wildman–Crippen MR) is 55.8 cm³/mol. The molecule has 0 atom stereocenters. The molecule has 0 heterocycles. The zero-order valence-electron chi connectivity index (χ0n) is 8.39. The maximum atomic E-state index is 2.08. The van der Waals surface area contributed by atoms with Crippen LogP contribution in [0.4, 0.5) is 0 Å². The van der Waals surface area contributed by atoms with Gasteiger partial charge in [-0.15, -0.1) is 0 Å². The summed E-state index contributed by atoms with van der Waals surface area (Å²) < 4.78 is 0. The topological polar surface area (TPSA) is 0 Å². The summed E-state index contributed by atoms with van der Waals surface area (Å²) in [5.74, 6) is 0. The Kier molecular flexibility index (Phi) is 44.5. The van der Waals surface area contributed by atoms with Crippen molar-refractivity contribution in [2.75, 3.05) is 0 Å². The molecule has 0 N–H and O–H groups in total. The Labute approximate surface area is 176 Å². The molecule has 0 unspecified atom stereocenters. The van der Waals surface area contributed by atoms with Crippen molar-refractivity contribution in [3.05, 3.63) is 43.3 Å². The molecule has 0 amide bonds. The van der Waals surface area contributed by atoms with Crippen LogP contribution in [0.3, 0.4) is 0 Å². The molecule has 0 radical (unpaired) electrons. The van der Waals surface area contributed by atoms with Gasteiger partial charge < -0.3 is 7.43 Å². The van der Waals surface area contributed by atoms with E-state index in [4.69, 9.17) is 0 Å². The van der Waals surface area contributed by atoms with Gasteiger partial charge in [0.05, 0.1) is 0 Å². The Balaban J connectivity index is -0.0000000600. The first kappa shape index (κ1) is 25.5. The van der Waals surface area contributed by atoms with E-state index in [0.717, 1.165) is 67.7 Å². The SMILES string of the molecule is C.Cc1ccccc1.[CH3-].[Rb+].[Rb][Rb]. The summed E-state index contributed by atoms with van der Waals surface area (Å²) in [4.78, 5) is 0. The van der Waals surface area contributed by atoms with E-state index in [-0.39, 0.29) is 73.0 Å². The van der Waals surface area contributed by atoms with E-state index in [1.54, 1.807) is 0 Å². The minimum absolute atomic E-state index is 0. The van der Waals surface area contributed by atoms with Gasteiger partial charge in [-0.2, -0.15) is 0 Å². The van der Waals surface area contributed by atoms with Crippen LogP contribution in [0.1, 0.15) is 13.0 Å². The van der Waals surface area contributed by atoms with Crippen LogP contribution < -0.4 is 58.2 Å². The van der Waals surface area contributed by atoms with Crippen molar-refractivity contribution >= 4 is 67.7 Å². The molecule has 0 aliphatic rings. The van der Waals surface area contributed by atoms with Gasteiger partial charge in [0.15, 0.2) is 0 Å². The molecule has 12 heavy (non-hydrogen) atoms. The molecule has 1 aromatic rings. The molecule has 3 heteroatoms. The number of aryl methyl sites for hydroxylation is 1. The molecular formula is C9H15Rb3. The van der Waals surface area contributed by atoms with Crippen LogP contribution in [-0.2, 0) is 0 Å². The van der Waals surface area contributed by atoms with Gasteiger partial charge in [-0.25, -0.2) is 0 Å². The Morgan fingerprint density at radius 3 is 1.50 bits per heavy atom. The Bertz CT molecular complexity index is 140. The molecule has 0 saturated carbocycles. The number of rotatable bonds is 0. The molecule has 0 spiro atoms. The van der Waals surface area contributed by atoms with Crippen LogP contribution in [0.25, 0.3) is 0 Å². The van der Waals surface area contributed by atoms with E-state index in [1.165, 1.54) is 5.56 Å². The van der Waals surface area contributed by atoms with Crippen molar-refractivity contribution < 1.29 is 58.2 Å². The van der Waals surface area contributed by atoms with Gasteiger partial charge in [-0.1, -0.05) is 43.3 Å². The van der Waals surface area contributed by atoms with Crippen LogP contribution in [0, 0.1) is 14.4 Å². The van der Waals surface area contributed by atoms with Crippen LogP contribution in [-0.4, -0.2) is 67.7 Å². The van der Waals surface area contributed by atoms with Crippen LogP contribution in [0.2, 0.25) is 0 Å². The Hall–Kier alpha value is 4.64. The van der Waals surface area contributed by atoms with Crippen molar-refractivity contribution in [2.24, 2.45) is 0 Å². The molecule has 54 valence electrons. The third-order valence-corrected chi connectivity index (χ3v) is 0.940. The summed E-state index contributed by atoms with van der Waals surface area (Å²) in [5, 5.41) is 0. The van der Waals surface area contributed by atoms with E-state index < -0.39 is 0 Å². The van der Waals surface area contributed by atoms with Gasteiger partial charge in [0.25, 0.3) is 0 Å². The fourth-order valence-electron chi connectivity index (χ4n) is 0.534. The normalized spacial score (nSPS) is 5.75. The van der Waals surface area contributed by atoms with Gasteiger partial charge in [0.2, 0.25) is 0 Å². The number of hydrogen-bond donors (Lipinski definition) is 0. The van der Waals surface area contributed by atoms with E-state index in [2.05, 4.69) is 19.1 Å². The van der Waals surface area contributed by atoms with Crippen LogP contribution >= 0.6 is 0 Å². The maximum absolute atomic E-state index is 2.08. The quantitative estimate of drug-likeness (QED) is 0.524. The summed E-state index contributed by atoms with van der Waals surface area (Å²) in [6.07, 6.45) is 0. The average Bonchev–Trinajstić information content (AvgIpc) is 1.94. The molecule has 1 aromatic carbocycles. The van der Waals surface area contributed by atoms with Crippen molar-refractivity contribution in [1.82, 2.24) is 0 Å². The van der Waals surface area contributed by atoms with Gasteiger partial charge >= 0.3 is 126 Å². The average molecular weight is 380 g/mol. The first-order chi connectivity index (χ1) is 4.39. The first-order valence-corrected chi connectivity index (χ1v) is 37.4. The third-order valence-electron chi connectivity index (χ3n) is 0.940. The summed E-state index contributed by atoms with van der Waals surface area (Å²) in [6, 6.07) is 10.3. The Morgan fingerprint density at radius 2 is 1.33 bits per heavy atom. The summed E-state index contributed by atoms with van der Waals surface area (Å²) in [5.41, 5.74) is 1.32. The second-order valence-electron chi connectivity index (χ2n) is 1.65. The Morgan fingerprint density at radius 1 is 1.00 bits per heavy atom. The van der Waals surface area contributed by atoms with Crippen LogP contribution in [0.15, 0.2) is 30.3 Å². The molecule has 0 fully saturated rings. The fraction of sp³-hybridized carbons (Fsp3) is 0.222. The molecule has 0 bridgehead atoms. The van der Waals surface area contributed by atoms with Gasteiger partial charge in [0.1, 0.15) is 0 Å². The molecule has 0 aromatic heterocycles. The first-order valence-electron chi connectivity index (χ1n) is 3.41. The van der Waals surface area contributed by atoms with E-state index in [0.29, 0.717) is 0 Å². The molecule has 0 nitrogen and oxygen atoms in total. The van der Waals surface area contributed by atoms with Crippen LogP contribution in [0.5, 0.6) is 0 Å². The monoisotopic (exact) mass is 378 g/mol. The predicted octanol–water partition coefficient (Wildman–Crippen LogP) is -0.676. The second-order valence-corrected chi connectivity index (χ2v) is 1.65. The summed E-state index contributed by atoms with van der Waals surface area (Å²) in [7, 11) is 0. The molecule has 0 aliphatic heterocycles.